The maximum Gasteiger partial charge on any atom is 0.161 e. The number of aliphatic hydroxyl groups is 1. The first-order chi connectivity index (χ1) is 23.3. The van der Waals surface area contributed by atoms with Gasteiger partial charge in [-0.25, -0.2) is 0 Å². The number of benzene rings is 4. The van der Waals surface area contributed by atoms with E-state index < -0.39 is 12.0 Å². The van der Waals surface area contributed by atoms with Gasteiger partial charge in [-0.1, -0.05) is 66.2 Å². The number of carbonyl (C=O) groups is 1. The SMILES string of the molecule is COc1cc(CC(Cc2ccc3ccccc3c2)C(=O)CC(O)C(Cc2cc[n-]c2)Cc2ccc(O)c(OC3CCCC3)c2)ccc1O. The molecule has 1 fully saturated rings. The fourth-order valence-electron chi connectivity index (χ4n) is 6.98. The maximum atomic E-state index is 14.2. The molecule has 1 aliphatic rings. The first-order valence-electron chi connectivity index (χ1n) is 16.9. The molecule has 1 heterocycles. The fourth-order valence-corrected chi connectivity index (χ4v) is 6.98. The Labute approximate surface area is 282 Å². The van der Waals surface area contributed by atoms with E-state index in [0.29, 0.717) is 37.2 Å². The van der Waals surface area contributed by atoms with Gasteiger partial charge >= 0.3 is 0 Å². The molecule has 0 amide bonds. The lowest BCUT2D eigenvalue weighted by Gasteiger charge is -2.26. The number of phenols is 2. The van der Waals surface area contributed by atoms with Crippen LogP contribution < -0.4 is 14.5 Å². The number of methoxy groups -OCH3 is 1. The summed E-state index contributed by atoms with van der Waals surface area (Å²) >= 11 is 0. The van der Waals surface area contributed by atoms with Crippen molar-refractivity contribution in [2.75, 3.05) is 7.11 Å². The zero-order chi connectivity index (χ0) is 33.5. The molecule has 0 radical (unpaired) electrons. The standard InChI is InChI=1S/C41H44NO6/c1-47-40-23-28(11-14-36(40)43)20-33(19-27-10-13-31-6-2-3-7-32(31)18-27)38(45)25-39(46)34(22-30-16-17-42-26-30)21-29-12-15-37(44)41(24-29)48-35-8-4-5-9-35/h2-3,6-7,10-18,23-24,26,33-35,39,43-44,46H,4-5,8-9,19-22,25H2,1H3/q-1. The molecule has 7 nitrogen and oxygen atoms in total. The first kappa shape index (κ1) is 33.2. The van der Waals surface area contributed by atoms with Crippen molar-refractivity contribution in [2.24, 2.45) is 11.8 Å². The van der Waals surface area contributed by atoms with Crippen molar-refractivity contribution in [3.8, 4) is 23.0 Å². The Bertz CT molecular complexity index is 1810. The third-order valence-corrected chi connectivity index (χ3v) is 9.66. The summed E-state index contributed by atoms with van der Waals surface area (Å²) in [7, 11) is 1.51. The van der Waals surface area contributed by atoms with Gasteiger partial charge < -0.3 is 29.8 Å². The van der Waals surface area contributed by atoms with Gasteiger partial charge in [-0.2, -0.15) is 12.4 Å². The topological polar surface area (TPSA) is 110 Å². The van der Waals surface area contributed by atoms with Crippen LogP contribution in [-0.2, 0) is 30.5 Å². The van der Waals surface area contributed by atoms with E-state index >= 15 is 0 Å². The van der Waals surface area contributed by atoms with Gasteiger partial charge in [0.25, 0.3) is 0 Å². The van der Waals surface area contributed by atoms with E-state index in [9.17, 15) is 20.1 Å². The van der Waals surface area contributed by atoms with E-state index in [1.54, 1.807) is 30.6 Å². The molecule has 1 aromatic heterocycles. The third-order valence-electron chi connectivity index (χ3n) is 9.66. The summed E-state index contributed by atoms with van der Waals surface area (Å²) in [6, 6.07) is 26.9. The van der Waals surface area contributed by atoms with Gasteiger partial charge in [0, 0.05) is 12.3 Å². The summed E-state index contributed by atoms with van der Waals surface area (Å²) in [6.07, 6.45) is 8.96. The Morgan fingerprint density at radius 2 is 1.40 bits per heavy atom. The largest absolute Gasteiger partial charge is 0.670 e. The Morgan fingerprint density at radius 3 is 2.10 bits per heavy atom. The molecular formula is C41H44NO6-. The smallest absolute Gasteiger partial charge is 0.161 e. The van der Waals surface area contributed by atoms with E-state index in [2.05, 4.69) is 35.3 Å². The molecule has 3 atom stereocenters. The van der Waals surface area contributed by atoms with Crippen molar-refractivity contribution < 1.29 is 29.6 Å². The number of nitrogens with zero attached hydrogens (tertiary/aromatic N) is 1. The minimum Gasteiger partial charge on any atom is -0.670 e. The van der Waals surface area contributed by atoms with Crippen molar-refractivity contribution in [1.29, 1.82) is 0 Å². The quantitative estimate of drug-likeness (QED) is 0.109. The van der Waals surface area contributed by atoms with Crippen molar-refractivity contribution in [3.63, 3.8) is 0 Å². The van der Waals surface area contributed by atoms with Crippen LogP contribution in [0.15, 0.2) is 97.3 Å². The minimum absolute atomic E-state index is 0.00418. The number of aromatic nitrogens is 1. The summed E-state index contributed by atoms with van der Waals surface area (Å²) in [5, 5.41) is 34.7. The number of aliphatic hydroxyl groups excluding tert-OH is 1. The second-order valence-corrected chi connectivity index (χ2v) is 13.2. The fraction of sp³-hybridized carbons (Fsp3) is 0.341. The Hall–Kier alpha value is -4.75. The average Bonchev–Trinajstić information content (AvgIpc) is 3.81. The van der Waals surface area contributed by atoms with E-state index in [1.807, 2.05) is 36.4 Å². The van der Waals surface area contributed by atoms with Crippen LogP contribution in [0.2, 0.25) is 0 Å². The zero-order valence-electron chi connectivity index (χ0n) is 27.4. The summed E-state index contributed by atoms with van der Waals surface area (Å²) in [6.45, 7) is 0. The molecule has 6 rings (SSSR count). The van der Waals surface area contributed by atoms with Gasteiger partial charge in [0.15, 0.2) is 23.0 Å². The lowest BCUT2D eigenvalue weighted by Crippen LogP contribution is -2.31. The van der Waals surface area contributed by atoms with Crippen LogP contribution in [0, 0.1) is 11.8 Å². The van der Waals surface area contributed by atoms with Crippen molar-refractivity contribution in [2.45, 2.75) is 70.0 Å². The predicted octanol–water partition coefficient (Wildman–Crippen LogP) is 7.36. The molecule has 7 heteroatoms. The van der Waals surface area contributed by atoms with Gasteiger partial charge in [-0.05, 0) is 109 Å². The number of Topliss-reactive ketones (excluding diaryl/α,β-unsaturated/α-hetero) is 1. The summed E-state index contributed by atoms with van der Waals surface area (Å²) in [4.78, 5) is 18.4. The number of ether oxygens (including phenoxy) is 2. The van der Waals surface area contributed by atoms with Crippen LogP contribution in [0.1, 0.15) is 54.4 Å². The van der Waals surface area contributed by atoms with Crippen LogP contribution in [0.25, 0.3) is 10.8 Å². The van der Waals surface area contributed by atoms with Crippen LogP contribution >= 0.6 is 0 Å². The second kappa shape index (κ2) is 15.4. The summed E-state index contributed by atoms with van der Waals surface area (Å²) in [5.41, 5.74) is 3.85. The molecule has 3 unspecified atom stereocenters. The molecule has 0 aliphatic heterocycles. The van der Waals surface area contributed by atoms with Crippen LogP contribution in [0.4, 0.5) is 0 Å². The monoisotopic (exact) mass is 646 g/mol. The molecule has 5 aromatic rings. The number of rotatable bonds is 15. The van der Waals surface area contributed by atoms with Gasteiger partial charge in [0.1, 0.15) is 5.78 Å². The molecule has 4 aromatic carbocycles. The molecule has 250 valence electrons. The molecule has 0 bridgehead atoms. The van der Waals surface area contributed by atoms with E-state index in [0.717, 1.165) is 58.7 Å². The highest BCUT2D eigenvalue weighted by Gasteiger charge is 2.28. The predicted molar refractivity (Wildman–Crippen MR) is 187 cm³/mol. The molecule has 1 aliphatic carbocycles. The van der Waals surface area contributed by atoms with E-state index in [-0.39, 0.29) is 35.7 Å². The number of hydrogen-bond donors (Lipinski definition) is 3. The van der Waals surface area contributed by atoms with E-state index in [4.69, 9.17) is 9.47 Å². The van der Waals surface area contributed by atoms with Gasteiger partial charge in [0.2, 0.25) is 0 Å². The summed E-state index contributed by atoms with van der Waals surface area (Å²) < 4.78 is 11.5. The molecule has 0 saturated heterocycles. The molecule has 1 saturated carbocycles. The lowest BCUT2D eigenvalue weighted by molar-refractivity contribution is -0.125. The number of fused-ring (bicyclic) bond motifs is 1. The van der Waals surface area contributed by atoms with Crippen molar-refractivity contribution in [3.05, 3.63) is 120 Å². The highest BCUT2D eigenvalue weighted by Crippen LogP contribution is 2.34. The minimum atomic E-state index is -0.908. The van der Waals surface area contributed by atoms with Crippen LogP contribution in [-0.4, -0.2) is 40.4 Å². The number of phenolic OH excluding ortho intramolecular Hbond substituents is 2. The Morgan fingerprint density at radius 1 is 0.771 bits per heavy atom. The van der Waals surface area contributed by atoms with Crippen LogP contribution in [0.5, 0.6) is 23.0 Å². The Kier molecular flexibility index (Phi) is 10.7. The van der Waals surface area contributed by atoms with Gasteiger partial charge in [-0.15, -0.1) is 0 Å². The Balaban J connectivity index is 1.23. The van der Waals surface area contributed by atoms with Gasteiger partial charge in [0.05, 0.1) is 19.3 Å². The number of carbonyl (C=O) groups excluding carboxylic acids is 1. The highest BCUT2D eigenvalue weighted by atomic mass is 16.5. The van der Waals surface area contributed by atoms with Crippen molar-refractivity contribution in [1.82, 2.24) is 4.98 Å². The number of aromatic hydroxyl groups is 2. The van der Waals surface area contributed by atoms with E-state index in [1.165, 1.54) is 7.11 Å². The third kappa shape index (κ3) is 8.39. The molecule has 48 heavy (non-hydrogen) atoms. The van der Waals surface area contributed by atoms with Crippen LogP contribution in [0.3, 0.4) is 0 Å². The number of hydrogen-bond acceptors (Lipinski definition) is 6. The highest BCUT2D eigenvalue weighted by molar-refractivity contribution is 5.84. The number of ketones is 1. The first-order valence-corrected chi connectivity index (χ1v) is 16.9. The normalized spacial score (nSPS) is 15.3. The average molecular weight is 647 g/mol. The van der Waals surface area contributed by atoms with Crippen molar-refractivity contribution >= 4 is 16.6 Å². The maximum absolute atomic E-state index is 14.2. The molecule has 0 spiro atoms. The van der Waals surface area contributed by atoms with Gasteiger partial charge in [-0.3, -0.25) is 4.79 Å². The molecule has 3 N–H and O–H groups in total. The summed E-state index contributed by atoms with van der Waals surface area (Å²) in [5.74, 6) is 0.291. The second-order valence-electron chi connectivity index (χ2n) is 13.2. The lowest BCUT2D eigenvalue weighted by atomic mass is 9.82. The molecular weight excluding hydrogens is 602 g/mol. The zero-order valence-corrected chi connectivity index (χ0v) is 27.4.